The van der Waals surface area contributed by atoms with Crippen molar-refractivity contribution in [1.29, 1.82) is 0 Å². The van der Waals surface area contributed by atoms with Crippen LogP contribution in [0.1, 0.15) is 36.2 Å². The van der Waals surface area contributed by atoms with Gasteiger partial charge in [-0.3, -0.25) is 9.59 Å². The van der Waals surface area contributed by atoms with Crippen LogP contribution < -0.4 is 10.6 Å². The molecule has 26 heavy (non-hydrogen) atoms. The van der Waals surface area contributed by atoms with E-state index in [1.807, 2.05) is 6.92 Å². The lowest BCUT2D eigenvalue weighted by atomic mass is 10.1. The highest BCUT2D eigenvalue weighted by Crippen LogP contribution is 2.20. The zero-order chi connectivity index (χ0) is 19.3. The zero-order valence-electron chi connectivity index (χ0n) is 15.2. The number of carbonyl (C=O) groups is 3. The Morgan fingerprint density at radius 1 is 1.42 bits per heavy atom. The van der Waals surface area contributed by atoms with Crippen LogP contribution in [0.3, 0.4) is 0 Å². The minimum absolute atomic E-state index is 0.123. The number of nitrogens with zero attached hydrogens (tertiary/aromatic N) is 3. The van der Waals surface area contributed by atoms with Crippen LogP contribution in [0.2, 0.25) is 0 Å². The highest BCUT2D eigenvalue weighted by molar-refractivity contribution is 6.02. The lowest BCUT2D eigenvalue weighted by Crippen LogP contribution is -2.34. The molecule has 0 bridgehead atoms. The smallest absolute Gasteiger partial charge is 0.339 e. The van der Waals surface area contributed by atoms with Crippen LogP contribution in [0.5, 0.6) is 0 Å². The summed E-state index contributed by atoms with van der Waals surface area (Å²) in [5, 5.41) is 10.7. The van der Waals surface area contributed by atoms with Gasteiger partial charge in [0.05, 0.1) is 24.8 Å². The van der Waals surface area contributed by atoms with Crippen molar-refractivity contribution in [2.75, 3.05) is 19.1 Å². The molecule has 0 radical (unpaired) electrons. The maximum Gasteiger partial charge on any atom is 0.339 e. The number of hydrogen-bond acceptors (Lipinski definition) is 5. The number of nitrogens with one attached hydrogen (secondary N) is 2. The monoisotopic (exact) mass is 360 g/mol. The maximum atomic E-state index is 12.4. The van der Waals surface area contributed by atoms with E-state index < -0.39 is 17.9 Å². The van der Waals surface area contributed by atoms with Gasteiger partial charge in [-0.15, -0.1) is 5.01 Å². The van der Waals surface area contributed by atoms with E-state index in [2.05, 4.69) is 20.6 Å². The minimum Gasteiger partial charge on any atom is -0.465 e. The first kappa shape index (κ1) is 19.1. The molecule has 1 atom stereocenters. The summed E-state index contributed by atoms with van der Waals surface area (Å²) in [4.78, 5) is 40.2. The molecule has 2 amide bonds. The van der Waals surface area contributed by atoms with Crippen molar-refractivity contribution in [3.63, 3.8) is 0 Å². The largest absolute Gasteiger partial charge is 0.465 e. The highest BCUT2D eigenvalue weighted by Gasteiger charge is 2.40. The topological polar surface area (TPSA) is 114 Å². The standard InChI is InChI=1S/C17H21N5O4/c1-10(2)20-21-22-9-18-16(24)14(22)8-15(23)19-13-6-5-11(3)7-12(13)17(25)26-4/h5-7,14H,8-9H2,1-4H3,(H-,18,19,23,24,25)/p+1. The summed E-state index contributed by atoms with van der Waals surface area (Å²) in [6.45, 7) is 5.58. The molecular formula is C17H22N5O4+. The molecule has 1 aromatic carbocycles. The predicted octanol–water partition coefficient (Wildman–Crippen LogP) is 0.924. The predicted molar refractivity (Wildman–Crippen MR) is 93.4 cm³/mol. The molecule has 1 heterocycles. The number of esters is 1. The van der Waals surface area contributed by atoms with Gasteiger partial charge in [-0.05, 0) is 19.1 Å². The number of benzene rings is 1. The summed E-state index contributed by atoms with van der Waals surface area (Å²) in [5.41, 5.74) is 2.17. The highest BCUT2D eigenvalue weighted by atomic mass is 16.5. The summed E-state index contributed by atoms with van der Waals surface area (Å²) in [6.07, 6.45) is -0.123. The van der Waals surface area contributed by atoms with E-state index in [1.165, 1.54) is 12.1 Å². The molecule has 2 rings (SSSR count). The van der Waals surface area contributed by atoms with E-state index in [4.69, 9.17) is 4.74 Å². The van der Waals surface area contributed by atoms with E-state index in [0.29, 0.717) is 5.69 Å². The maximum absolute atomic E-state index is 12.4. The van der Waals surface area contributed by atoms with Gasteiger partial charge in [-0.25, -0.2) is 4.79 Å². The first-order valence-electron chi connectivity index (χ1n) is 8.06. The molecule has 9 nitrogen and oxygen atoms in total. The molecule has 138 valence electrons. The van der Waals surface area contributed by atoms with Crippen LogP contribution in [0.25, 0.3) is 0 Å². The molecule has 1 aromatic rings. The number of carbonyl (C=O) groups excluding carboxylic acids is 3. The Labute approximate surface area is 151 Å². The van der Waals surface area contributed by atoms with Gasteiger partial charge in [0.1, 0.15) is 0 Å². The van der Waals surface area contributed by atoms with Gasteiger partial charge in [-0.2, -0.15) is 0 Å². The normalized spacial score (nSPS) is 15.8. The van der Waals surface area contributed by atoms with Gasteiger partial charge in [0.25, 0.3) is 5.91 Å². The molecule has 1 aliphatic heterocycles. The molecule has 1 aliphatic rings. The van der Waals surface area contributed by atoms with Crippen molar-refractivity contribution in [3.8, 4) is 0 Å². The third-order valence-electron chi connectivity index (χ3n) is 3.67. The van der Waals surface area contributed by atoms with Crippen molar-refractivity contribution < 1.29 is 23.9 Å². The first-order valence-corrected chi connectivity index (χ1v) is 8.06. The fourth-order valence-corrected chi connectivity index (χ4v) is 2.38. The molecule has 0 aliphatic carbocycles. The summed E-state index contributed by atoms with van der Waals surface area (Å²) < 4.78 is 4.74. The van der Waals surface area contributed by atoms with Crippen LogP contribution in [-0.4, -0.2) is 53.1 Å². The van der Waals surface area contributed by atoms with E-state index in [-0.39, 0.29) is 24.6 Å². The Bertz CT molecular complexity index is 794. The number of ether oxygens (including phenoxy) is 1. The van der Waals surface area contributed by atoms with E-state index in [0.717, 1.165) is 11.3 Å². The molecule has 1 saturated heterocycles. The number of amides is 2. The third kappa shape index (κ3) is 4.67. The van der Waals surface area contributed by atoms with Crippen LogP contribution in [0.4, 0.5) is 5.69 Å². The molecular weight excluding hydrogens is 338 g/mol. The fourth-order valence-electron chi connectivity index (χ4n) is 2.38. The third-order valence-corrected chi connectivity index (χ3v) is 3.67. The van der Waals surface area contributed by atoms with E-state index in [1.54, 1.807) is 32.0 Å². The van der Waals surface area contributed by atoms with E-state index in [9.17, 15) is 14.4 Å². The fraction of sp³-hybridized carbons (Fsp3) is 0.412. The summed E-state index contributed by atoms with van der Waals surface area (Å²) >= 11 is 0. The molecule has 0 saturated carbocycles. The summed E-state index contributed by atoms with van der Waals surface area (Å²) in [7, 11) is 1.27. The number of hydrogen-bond donors (Lipinski definition) is 2. The molecule has 1 fully saturated rings. The zero-order valence-corrected chi connectivity index (χ0v) is 15.2. The Hall–Kier alpha value is -3.19. The number of aryl methyl sites for hydroxylation is 1. The number of methoxy groups -OCH3 is 1. The van der Waals surface area contributed by atoms with Crippen molar-refractivity contribution in [2.24, 2.45) is 5.22 Å². The van der Waals surface area contributed by atoms with Crippen molar-refractivity contribution >= 4 is 29.2 Å². The average Bonchev–Trinajstić information content (AvgIpc) is 2.94. The van der Waals surface area contributed by atoms with Crippen molar-refractivity contribution in [2.45, 2.75) is 33.2 Å². The van der Waals surface area contributed by atoms with Crippen LogP contribution in [0.15, 0.2) is 23.4 Å². The molecule has 1 unspecified atom stereocenters. The second-order valence-corrected chi connectivity index (χ2v) is 6.08. The molecule has 2 N–H and O–H groups in total. The van der Waals surface area contributed by atoms with Gasteiger partial charge >= 0.3 is 5.97 Å². The minimum atomic E-state index is -0.759. The second-order valence-electron chi connectivity index (χ2n) is 6.08. The van der Waals surface area contributed by atoms with Crippen LogP contribution in [-0.2, 0) is 14.3 Å². The van der Waals surface area contributed by atoms with Crippen LogP contribution in [0, 0.1) is 6.92 Å². The Kier molecular flexibility index (Phi) is 6.08. The molecule has 9 heteroatoms. The van der Waals surface area contributed by atoms with Crippen molar-refractivity contribution in [3.05, 3.63) is 29.3 Å². The van der Waals surface area contributed by atoms with Gasteiger partial charge in [-0.1, -0.05) is 16.4 Å². The molecule has 0 aromatic heterocycles. The number of rotatable bonds is 5. The SMILES string of the molecule is COC(=O)c1cc(C)ccc1NC(=O)CC1C(=O)NCN1N=[N+]=C(C)C. The Morgan fingerprint density at radius 3 is 2.81 bits per heavy atom. The lowest BCUT2D eigenvalue weighted by molar-refractivity contribution is -0.152. The van der Waals surface area contributed by atoms with Gasteiger partial charge in [0, 0.05) is 13.8 Å². The average molecular weight is 360 g/mol. The Morgan fingerprint density at radius 2 is 2.15 bits per heavy atom. The van der Waals surface area contributed by atoms with Gasteiger partial charge in [0.15, 0.2) is 11.9 Å². The van der Waals surface area contributed by atoms with Crippen LogP contribution >= 0.6 is 0 Å². The van der Waals surface area contributed by atoms with Crippen molar-refractivity contribution in [1.82, 2.24) is 10.3 Å². The summed E-state index contributed by atoms with van der Waals surface area (Å²) in [6, 6.07) is 4.26. The van der Waals surface area contributed by atoms with E-state index >= 15 is 0 Å². The second kappa shape index (κ2) is 8.26. The molecule has 0 spiro atoms. The lowest BCUT2D eigenvalue weighted by Gasteiger charge is -2.12. The number of anilines is 1. The summed E-state index contributed by atoms with van der Waals surface area (Å²) in [5.74, 6) is -1.27. The Balaban J connectivity index is 2.14. The van der Waals surface area contributed by atoms with Gasteiger partial charge in [0.2, 0.25) is 17.7 Å². The first-order chi connectivity index (χ1) is 12.3. The van der Waals surface area contributed by atoms with Gasteiger partial charge < -0.3 is 15.4 Å². The quantitative estimate of drug-likeness (QED) is 0.351.